The Labute approximate surface area is 209 Å². The maximum absolute atomic E-state index is 13.3. The van der Waals surface area contributed by atoms with Crippen molar-refractivity contribution in [2.45, 2.75) is 44.2 Å². The van der Waals surface area contributed by atoms with E-state index in [1.54, 1.807) is 25.3 Å². The molecule has 2 amide bonds. The molecule has 0 bridgehead atoms. The van der Waals surface area contributed by atoms with Gasteiger partial charge < -0.3 is 20.1 Å². The summed E-state index contributed by atoms with van der Waals surface area (Å²) in [4.78, 5) is 33.8. The van der Waals surface area contributed by atoms with Crippen molar-refractivity contribution in [2.24, 2.45) is 0 Å². The number of nitrogens with zero attached hydrogens (tertiary/aromatic N) is 2. The monoisotopic (exact) mass is 494 g/mol. The van der Waals surface area contributed by atoms with E-state index in [1.807, 2.05) is 24.3 Å². The van der Waals surface area contributed by atoms with Crippen LogP contribution in [0.25, 0.3) is 0 Å². The van der Waals surface area contributed by atoms with Crippen molar-refractivity contribution >= 4 is 23.4 Å². The number of hydrogen-bond acceptors (Lipinski definition) is 6. The second kappa shape index (κ2) is 11.2. The summed E-state index contributed by atoms with van der Waals surface area (Å²) in [5.74, 6) is 1.26. The lowest BCUT2D eigenvalue weighted by molar-refractivity contribution is -0.128. The Morgan fingerprint density at radius 3 is 2.34 bits per heavy atom. The third kappa shape index (κ3) is 6.08. The van der Waals surface area contributed by atoms with Gasteiger partial charge in [-0.2, -0.15) is 0 Å². The zero-order valence-corrected chi connectivity index (χ0v) is 20.2. The second-order valence-electron chi connectivity index (χ2n) is 8.45. The molecule has 1 saturated carbocycles. The van der Waals surface area contributed by atoms with Crippen molar-refractivity contribution in [3.63, 3.8) is 0 Å². The zero-order valence-electron chi connectivity index (χ0n) is 19.4. The average Bonchev–Trinajstić information content (AvgIpc) is 2.90. The quantitative estimate of drug-likeness (QED) is 0.471. The molecule has 1 aliphatic rings. The molecule has 1 heterocycles. The molecule has 2 aromatic carbocycles. The number of rotatable bonds is 8. The fourth-order valence-corrected chi connectivity index (χ4v) is 4.32. The Balaban J connectivity index is 1.38. The first-order chi connectivity index (χ1) is 17.0. The number of nitrogens with one attached hydrogen (secondary N) is 2. The topological polar surface area (TPSA) is 102 Å². The Morgan fingerprint density at radius 2 is 1.69 bits per heavy atom. The van der Waals surface area contributed by atoms with Crippen LogP contribution in [0.4, 0.5) is 0 Å². The van der Waals surface area contributed by atoms with E-state index in [4.69, 9.17) is 21.1 Å². The van der Waals surface area contributed by atoms with Crippen LogP contribution in [0.5, 0.6) is 17.2 Å². The molecule has 8 nitrogen and oxygen atoms in total. The van der Waals surface area contributed by atoms with Crippen molar-refractivity contribution < 1.29 is 19.1 Å². The predicted octanol–water partition coefficient (Wildman–Crippen LogP) is 4.68. The molecule has 0 unspecified atom stereocenters. The van der Waals surface area contributed by atoms with Crippen molar-refractivity contribution in [1.82, 2.24) is 20.6 Å². The molecule has 0 saturated heterocycles. The van der Waals surface area contributed by atoms with Crippen molar-refractivity contribution in [3.05, 3.63) is 77.3 Å². The number of halogens is 1. The minimum atomic E-state index is -0.945. The molecule has 0 radical (unpaired) electrons. The first kappa shape index (κ1) is 24.5. The van der Waals surface area contributed by atoms with E-state index in [2.05, 4.69) is 20.6 Å². The van der Waals surface area contributed by atoms with Gasteiger partial charge in [0.2, 0.25) is 5.91 Å². The molecule has 0 aliphatic heterocycles. The highest BCUT2D eigenvalue weighted by Gasteiger charge is 2.40. The number of carbonyl (C=O) groups excluding carboxylic acids is 2. The maximum Gasteiger partial charge on any atom is 0.255 e. The normalized spacial score (nSPS) is 14.6. The van der Waals surface area contributed by atoms with Crippen LogP contribution in [0.3, 0.4) is 0 Å². The van der Waals surface area contributed by atoms with Crippen molar-refractivity contribution in [2.75, 3.05) is 7.11 Å². The summed E-state index contributed by atoms with van der Waals surface area (Å²) in [5, 5.41) is 6.41. The SMILES string of the molecule is COc1ccc(Oc2ccc(CNC(=O)C3(NC(=O)c4cncnc4)CCCCC3)cc2)c(Cl)c1. The number of methoxy groups -OCH3 is 1. The van der Waals surface area contributed by atoms with Crippen LogP contribution in [0.1, 0.15) is 48.0 Å². The molecular weight excluding hydrogens is 468 g/mol. The van der Waals surface area contributed by atoms with Crippen LogP contribution < -0.4 is 20.1 Å². The van der Waals surface area contributed by atoms with Crippen LogP contribution in [0.2, 0.25) is 5.02 Å². The van der Waals surface area contributed by atoms with Crippen LogP contribution >= 0.6 is 11.6 Å². The molecule has 1 aromatic heterocycles. The first-order valence-corrected chi connectivity index (χ1v) is 11.8. The van der Waals surface area contributed by atoms with Crippen LogP contribution in [-0.4, -0.2) is 34.4 Å². The summed E-state index contributed by atoms with van der Waals surface area (Å²) < 4.78 is 11.0. The van der Waals surface area contributed by atoms with Gasteiger partial charge in [0, 0.05) is 25.0 Å². The van der Waals surface area contributed by atoms with Gasteiger partial charge >= 0.3 is 0 Å². The van der Waals surface area contributed by atoms with Gasteiger partial charge in [0.05, 0.1) is 17.7 Å². The van der Waals surface area contributed by atoms with E-state index in [0.29, 0.717) is 47.2 Å². The maximum atomic E-state index is 13.3. The van der Waals surface area contributed by atoms with Crippen LogP contribution in [0, 0.1) is 0 Å². The van der Waals surface area contributed by atoms with E-state index < -0.39 is 5.54 Å². The minimum Gasteiger partial charge on any atom is -0.497 e. The summed E-state index contributed by atoms with van der Waals surface area (Å²) >= 11 is 6.25. The number of ether oxygens (including phenoxy) is 2. The molecule has 9 heteroatoms. The number of carbonyl (C=O) groups is 2. The standard InChI is InChI=1S/C26H27ClN4O4/c1-34-21-9-10-23(22(27)13-21)35-20-7-5-18(6-8-20)14-30-25(33)26(11-3-2-4-12-26)31-24(32)19-15-28-17-29-16-19/h5-10,13,15-17H,2-4,11-12,14H2,1H3,(H,30,33)(H,31,32). The summed E-state index contributed by atoms with van der Waals surface area (Å²) in [6.45, 7) is 0.328. The van der Waals surface area contributed by atoms with Gasteiger partial charge in [-0.25, -0.2) is 9.97 Å². The highest BCUT2D eigenvalue weighted by atomic mass is 35.5. The lowest BCUT2D eigenvalue weighted by atomic mass is 9.80. The van der Waals surface area contributed by atoms with Crippen molar-refractivity contribution in [1.29, 1.82) is 0 Å². The molecule has 1 fully saturated rings. The van der Waals surface area contributed by atoms with E-state index in [1.165, 1.54) is 18.7 Å². The molecule has 35 heavy (non-hydrogen) atoms. The molecule has 3 aromatic rings. The van der Waals surface area contributed by atoms with E-state index in [0.717, 1.165) is 24.8 Å². The Hall–Kier alpha value is -3.65. The average molecular weight is 495 g/mol. The Bertz CT molecular complexity index is 1170. The van der Waals surface area contributed by atoms with Gasteiger partial charge in [0.15, 0.2) is 0 Å². The second-order valence-corrected chi connectivity index (χ2v) is 8.86. The minimum absolute atomic E-state index is 0.187. The smallest absolute Gasteiger partial charge is 0.255 e. The highest BCUT2D eigenvalue weighted by Crippen LogP contribution is 2.33. The lowest BCUT2D eigenvalue weighted by Gasteiger charge is -2.36. The number of benzene rings is 2. The Kier molecular flexibility index (Phi) is 7.82. The number of amides is 2. The van der Waals surface area contributed by atoms with Crippen LogP contribution in [-0.2, 0) is 11.3 Å². The van der Waals surface area contributed by atoms with Gasteiger partial charge in [0.1, 0.15) is 29.1 Å². The molecule has 0 spiro atoms. The zero-order chi connectivity index (χ0) is 24.7. The van der Waals surface area contributed by atoms with E-state index >= 15 is 0 Å². The summed E-state index contributed by atoms with van der Waals surface area (Å²) in [7, 11) is 1.58. The number of hydrogen-bond donors (Lipinski definition) is 2. The van der Waals surface area contributed by atoms with Gasteiger partial charge in [-0.05, 0) is 42.7 Å². The molecule has 4 rings (SSSR count). The van der Waals surface area contributed by atoms with Gasteiger partial charge in [-0.3, -0.25) is 9.59 Å². The van der Waals surface area contributed by atoms with Gasteiger partial charge in [0.25, 0.3) is 5.91 Å². The van der Waals surface area contributed by atoms with E-state index in [9.17, 15) is 9.59 Å². The fraction of sp³-hybridized carbons (Fsp3) is 0.308. The van der Waals surface area contributed by atoms with Crippen molar-refractivity contribution in [3.8, 4) is 17.2 Å². The van der Waals surface area contributed by atoms with E-state index in [-0.39, 0.29) is 11.8 Å². The number of aromatic nitrogens is 2. The third-order valence-electron chi connectivity index (χ3n) is 6.06. The summed E-state index contributed by atoms with van der Waals surface area (Å²) in [6.07, 6.45) is 8.22. The predicted molar refractivity (Wildman–Crippen MR) is 132 cm³/mol. The molecule has 1 aliphatic carbocycles. The first-order valence-electron chi connectivity index (χ1n) is 11.5. The van der Waals surface area contributed by atoms with Gasteiger partial charge in [-0.1, -0.05) is 43.0 Å². The molecular formula is C26H27ClN4O4. The fourth-order valence-electron chi connectivity index (χ4n) is 4.12. The largest absolute Gasteiger partial charge is 0.497 e. The molecule has 2 N–H and O–H groups in total. The third-order valence-corrected chi connectivity index (χ3v) is 6.36. The highest BCUT2D eigenvalue weighted by molar-refractivity contribution is 6.32. The summed E-state index contributed by atoms with van der Waals surface area (Å²) in [5.41, 5.74) is 0.289. The van der Waals surface area contributed by atoms with Crippen LogP contribution in [0.15, 0.2) is 61.2 Å². The molecule has 182 valence electrons. The van der Waals surface area contributed by atoms with Gasteiger partial charge in [-0.15, -0.1) is 0 Å². The lowest BCUT2D eigenvalue weighted by Crippen LogP contribution is -2.59. The summed E-state index contributed by atoms with van der Waals surface area (Å²) in [6, 6.07) is 12.6. The molecule has 0 atom stereocenters. The Morgan fingerprint density at radius 1 is 1.00 bits per heavy atom.